The first-order valence-electron chi connectivity index (χ1n) is 5.31. The summed E-state index contributed by atoms with van der Waals surface area (Å²) in [5.41, 5.74) is 4.26. The maximum Gasteiger partial charge on any atom is 0.137 e. The molecule has 0 aromatic rings. The lowest BCUT2D eigenvalue weighted by atomic mass is 9.79. The van der Waals surface area contributed by atoms with Crippen LogP contribution in [-0.2, 0) is 0 Å². The van der Waals surface area contributed by atoms with Gasteiger partial charge in [-0.05, 0) is 12.8 Å². The third-order valence-electron chi connectivity index (χ3n) is 4.16. The van der Waals surface area contributed by atoms with Gasteiger partial charge in [-0.1, -0.05) is 19.3 Å². The minimum Gasteiger partial charge on any atom is -0.386 e. The lowest BCUT2D eigenvalue weighted by Crippen LogP contribution is -2.30. The highest BCUT2D eigenvalue weighted by Crippen LogP contribution is 2.74. The van der Waals surface area contributed by atoms with Gasteiger partial charge in [0.1, 0.15) is 11.3 Å². The van der Waals surface area contributed by atoms with Crippen LogP contribution in [0.3, 0.4) is 0 Å². The quantitative estimate of drug-likeness (QED) is 0.498. The Morgan fingerprint density at radius 3 is 2.20 bits per heavy atom. The molecule has 0 aliphatic heterocycles. The first-order valence-corrected chi connectivity index (χ1v) is 5.31. The summed E-state index contributed by atoms with van der Waals surface area (Å²) in [7, 11) is 0. The normalized spacial score (nSPS) is 36.5. The van der Waals surface area contributed by atoms with Gasteiger partial charge < -0.3 is 5.73 Å². The molecule has 0 bridgehead atoms. The Hall–Kier alpha value is -1.55. The Balaban J connectivity index is 2.39. The summed E-state index contributed by atoms with van der Waals surface area (Å²) in [6, 6.07) is 4.32. The molecule has 4 heteroatoms. The van der Waals surface area contributed by atoms with Gasteiger partial charge in [0.2, 0.25) is 0 Å². The fourth-order valence-electron chi connectivity index (χ4n) is 3.34. The van der Waals surface area contributed by atoms with E-state index in [1.807, 2.05) is 0 Å². The van der Waals surface area contributed by atoms with Gasteiger partial charge in [-0.3, -0.25) is 5.41 Å². The lowest BCUT2D eigenvalue weighted by Gasteiger charge is -2.24. The Morgan fingerprint density at radius 2 is 1.87 bits per heavy atom. The van der Waals surface area contributed by atoms with Gasteiger partial charge in [0.25, 0.3) is 0 Å². The monoisotopic (exact) mass is 202 g/mol. The average molecular weight is 202 g/mol. The van der Waals surface area contributed by atoms with E-state index in [0.717, 1.165) is 25.7 Å². The molecule has 1 spiro atoms. The second-order valence-electron chi connectivity index (χ2n) is 4.61. The molecule has 2 atom stereocenters. The molecule has 0 saturated heterocycles. The van der Waals surface area contributed by atoms with Crippen LogP contribution in [0, 0.1) is 44.8 Å². The molecule has 4 nitrogen and oxygen atoms in total. The number of nitrogens with one attached hydrogen (secondary N) is 1. The van der Waals surface area contributed by atoms with E-state index < -0.39 is 5.41 Å². The van der Waals surface area contributed by atoms with Gasteiger partial charge >= 0.3 is 0 Å². The minimum atomic E-state index is -0.970. The van der Waals surface area contributed by atoms with Crippen LogP contribution in [0.5, 0.6) is 0 Å². The first kappa shape index (κ1) is 9.98. The molecule has 0 amide bonds. The van der Waals surface area contributed by atoms with E-state index in [0.29, 0.717) is 0 Å². The second-order valence-corrected chi connectivity index (χ2v) is 4.61. The highest BCUT2D eigenvalue weighted by Gasteiger charge is 2.79. The third-order valence-corrected chi connectivity index (χ3v) is 4.16. The van der Waals surface area contributed by atoms with Gasteiger partial charge in [-0.2, -0.15) is 10.5 Å². The highest BCUT2D eigenvalue weighted by molar-refractivity contribution is 5.92. The molecule has 0 aromatic heterocycles. The number of rotatable bonds is 1. The fraction of sp³-hybridized carbons (Fsp3) is 0.727. The van der Waals surface area contributed by atoms with E-state index in [1.165, 1.54) is 6.42 Å². The van der Waals surface area contributed by atoms with E-state index in [-0.39, 0.29) is 17.2 Å². The van der Waals surface area contributed by atoms with E-state index in [4.69, 9.17) is 16.4 Å². The summed E-state index contributed by atoms with van der Waals surface area (Å²) in [6.07, 6.45) is 5.01. The zero-order valence-corrected chi connectivity index (χ0v) is 8.58. The smallest absolute Gasteiger partial charge is 0.137 e. The Bertz CT molecular complexity index is 380. The van der Waals surface area contributed by atoms with Crippen molar-refractivity contribution in [3.8, 4) is 12.1 Å². The number of amidine groups is 1. The predicted octanol–water partition coefficient (Wildman–Crippen LogP) is 1.54. The van der Waals surface area contributed by atoms with Gasteiger partial charge in [-0.15, -0.1) is 0 Å². The largest absolute Gasteiger partial charge is 0.386 e. The Kier molecular flexibility index (Phi) is 1.98. The minimum absolute atomic E-state index is 0.113. The van der Waals surface area contributed by atoms with Gasteiger partial charge in [0, 0.05) is 5.41 Å². The molecule has 2 aliphatic rings. The van der Waals surface area contributed by atoms with Crippen LogP contribution < -0.4 is 5.73 Å². The molecule has 3 N–H and O–H groups in total. The zero-order valence-electron chi connectivity index (χ0n) is 8.58. The maximum atomic E-state index is 9.22. The van der Waals surface area contributed by atoms with E-state index in [9.17, 15) is 5.26 Å². The topological polar surface area (TPSA) is 97.5 Å². The highest BCUT2D eigenvalue weighted by atomic mass is 14.9. The molecular formula is C11H14N4. The molecule has 0 radical (unpaired) electrons. The molecule has 0 unspecified atom stereocenters. The van der Waals surface area contributed by atoms with Crippen molar-refractivity contribution >= 4 is 5.84 Å². The van der Waals surface area contributed by atoms with E-state index >= 15 is 0 Å². The maximum absolute atomic E-state index is 9.22. The number of hydrogen-bond donors (Lipinski definition) is 2. The van der Waals surface area contributed by atoms with Crippen LogP contribution in [0.4, 0.5) is 0 Å². The molecule has 2 fully saturated rings. The van der Waals surface area contributed by atoms with Crippen LogP contribution in [0.1, 0.15) is 32.1 Å². The van der Waals surface area contributed by atoms with Crippen LogP contribution in [0.15, 0.2) is 0 Å². The lowest BCUT2D eigenvalue weighted by molar-refractivity contribution is 0.298. The molecule has 78 valence electrons. The summed E-state index contributed by atoms with van der Waals surface area (Å²) >= 11 is 0. The van der Waals surface area contributed by atoms with Crippen molar-refractivity contribution in [1.29, 1.82) is 15.9 Å². The van der Waals surface area contributed by atoms with Crippen molar-refractivity contribution in [2.45, 2.75) is 32.1 Å². The second kappa shape index (κ2) is 2.97. The standard InChI is InChI=1S/C11H14N4/c12-6-8-10(4-2-1-3-5-10)11(8,7-13)9(14)15/h8H,1-5H2,(H3,14,15)/t8-,11+/m0/s1. The Labute approximate surface area is 89.2 Å². The molecule has 2 saturated carbocycles. The average Bonchev–Trinajstić information content (AvgIpc) is 2.80. The van der Waals surface area contributed by atoms with Crippen LogP contribution in [0.25, 0.3) is 0 Å². The molecule has 2 rings (SSSR count). The zero-order chi connectivity index (χ0) is 11.1. The summed E-state index contributed by atoms with van der Waals surface area (Å²) in [4.78, 5) is 0. The SMILES string of the molecule is N#C[C@H]1C2(CCCCC2)[C@@]1(C#N)C(=N)N. The number of nitrogens with zero attached hydrogens (tertiary/aromatic N) is 2. The molecule has 2 aliphatic carbocycles. The summed E-state index contributed by atoms with van der Waals surface area (Å²) < 4.78 is 0. The van der Waals surface area contributed by atoms with E-state index in [2.05, 4.69) is 12.1 Å². The van der Waals surface area contributed by atoms with E-state index in [1.54, 1.807) is 0 Å². The van der Waals surface area contributed by atoms with Crippen molar-refractivity contribution in [2.24, 2.45) is 22.5 Å². The third kappa shape index (κ3) is 0.920. The molecule has 15 heavy (non-hydrogen) atoms. The molecule has 0 heterocycles. The number of nitriles is 2. The summed E-state index contributed by atoms with van der Waals surface area (Å²) in [5.74, 6) is -0.466. The number of nitrogens with two attached hydrogens (primary N) is 1. The van der Waals surface area contributed by atoms with Crippen molar-refractivity contribution in [1.82, 2.24) is 0 Å². The summed E-state index contributed by atoms with van der Waals surface area (Å²) in [5, 5.41) is 25.9. The van der Waals surface area contributed by atoms with Crippen molar-refractivity contribution < 1.29 is 0 Å². The Morgan fingerprint density at radius 1 is 1.27 bits per heavy atom. The molecular weight excluding hydrogens is 188 g/mol. The van der Waals surface area contributed by atoms with Gasteiger partial charge in [0.05, 0.1) is 18.1 Å². The van der Waals surface area contributed by atoms with Gasteiger partial charge in [0.15, 0.2) is 0 Å². The summed E-state index contributed by atoms with van der Waals surface area (Å²) in [6.45, 7) is 0. The van der Waals surface area contributed by atoms with Crippen LogP contribution >= 0.6 is 0 Å². The van der Waals surface area contributed by atoms with Crippen molar-refractivity contribution in [3.05, 3.63) is 0 Å². The first-order chi connectivity index (χ1) is 7.15. The van der Waals surface area contributed by atoms with Crippen molar-refractivity contribution in [2.75, 3.05) is 0 Å². The van der Waals surface area contributed by atoms with Crippen LogP contribution in [0.2, 0.25) is 0 Å². The predicted molar refractivity (Wildman–Crippen MR) is 54.6 cm³/mol. The van der Waals surface area contributed by atoms with Crippen LogP contribution in [-0.4, -0.2) is 5.84 Å². The van der Waals surface area contributed by atoms with Gasteiger partial charge in [-0.25, -0.2) is 0 Å². The number of hydrogen-bond acceptors (Lipinski definition) is 3. The molecule has 0 aromatic carbocycles. The fourth-order valence-corrected chi connectivity index (χ4v) is 3.34. The van der Waals surface area contributed by atoms with Crippen molar-refractivity contribution in [3.63, 3.8) is 0 Å².